The maximum Gasteiger partial charge on any atom is 0.417 e. The number of carbonyl (C=O) groups excluding carboxylic acids is 1. The summed E-state index contributed by atoms with van der Waals surface area (Å²) in [5.41, 5.74) is 3.65. The minimum absolute atomic E-state index is 0.171. The highest BCUT2D eigenvalue weighted by molar-refractivity contribution is 7.99. The molecule has 2 aromatic carbocycles. The fourth-order valence-corrected chi connectivity index (χ4v) is 3.29. The van der Waals surface area contributed by atoms with Gasteiger partial charge in [0.2, 0.25) is 5.91 Å². The number of benzene rings is 2. The van der Waals surface area contributed by atoms with E-state index in [4.69, 9.17) is 4.42 Å². The molecule has 0 bridgehead atoms. The van der Waals surface area contributed by atoms with Gasteiger partial charge in [-0.1, -0.05) is 29.5 Å². The number of carbonyl (C=O) groups is 1. The average Bonchev–Trinajstić information content (AvgIpc) is 3.25. The lowest BCUT2D eigenvalue weighted by Crippen LogP contribution is -2.14. The van der Waals surface area contributed by atoms with Crippen LogP contribution >= 0.6 is 11.8 Å². The Morgan fingerprint density at radius 2 is 2.07 bits per heavy atom. The van der Waals surface area contributed by atoms with Gasteiger partial charge < -0.3 is 9.73 Å². The summed E-state index contributed by atoms with van der Waals surface area (Å²) in [6.45, 7) is 2.02. The molecular formula is C18H15N5O3S. The monoisotopic (exact) mass is 381 g/mol. The minimum atomic E-state index is -0.528. The van der Waals surface area contributed by atoms with Gasteiger partial charge in [0.05, 0.1) is 11.3 Å². The van der Waals surface area contributed by atoms with Crippen molar-refractivity contribution in [1.82, 2.24) is 19.7 Å². The molecule has 0 unspecified atom stereocenters. The van der Waals surface area contributed by atoms with E-state index in [1.807, 2.05) is 35.8 Å². The van der Waals surface area contributed by atoms with Crippen LogP contribution in [0.3, 0.4) is 0 Å². The minimum Gasteiger partial charge on any atom is -0.408 e. The van der Waals surface area contributed by atoms with Crippen LogP contribution in [0.5, 0.6) is 0 Å². The summed E-state index contributed by atoms with van der Waals surface area (Å²) in [7, 11) is 0. The number of aryl methyl sites for hydroxylation is 1. The number of rotatable bonds is 5. The zero-order valence-electron chi connectivity index (χ0n) is 14.3. The summed E-state index contributed by atoms with van der Waals surface area (Å²) in [6, 6.07) is 12.9. The summed E-state index contributed by atoms with van der Waals surface area (Å²) in [5.74, 6) is -0.548. The summed E-state index contributed by atoms with van der Waals surface area (Å²) >= 11 is 1.29. The van der Waals surface area contributed by atoms with E-state index in [9.17, 15) is 9.59 Å². The summed E-state index contributed by atoms with van der Waals surface area (Å²) in [6.07, 6.45) is 1.62. The zero-order valence-corrected chi connectivity index (χ0v) is 15.1. The molecular weight excluding hydrogens is 366 g/mol. The smallest absolute Gasteiger partial charge is 0.408 e. The van der Waals surface area contributed by atoms with E-state index in [1.54, 1.807) is 24.5 Å². The molecule has 0 saturated heterocycles. The molecule has 2 heterocycles. The van der Waals surface area contributed by atoms with E-state index in [0.717, 1.165) is 11.3 Å². The number of aromatic amines is 1. The number of amides is 1. The van der Waals surface area contributed by atoms with Crippen molar-refractivity contribution in [3.8, 4) is 5.69 Å². The van der Waals surface area contributed by atoms with E-state index >= 15 is 0 Å². The number of nitrogens with zero attached hydrogens (tertiary/aromatic N) is 3. The number of oxazole rings is 1. The van der Waals surface area contributed by atoms with Crippen LogP contribution in [0.25, 0.3) is 16.8 Å². The standard InChI is InChI=1S/C18H15N5O3S/c1-11-2-5-13(6-3-11)23-10-19-22-17(23)27-9-16(24)20-12-4-7-15-14(8-12)21-18(25)26-15/h2-8,10H,9H2,1H3,(H,20,24)(H,21,25). The number of H-pyrrole nitrogens is 1. The van der Waals surface area contributed by atoms with Crippen molar-refractivity contribution in [3.63, 3.8) is 0 Å². The number of hydrogen-bond acceptors (Lipinski definition) is 6. The second kappa shape index (κ2) is 7.12. The zero-order chi connectivity index (χ0) is 18.8. The maximum atomic E-state index is 12.3. The molecule has 4 aromatic rings. The average molecular weight is 381 g/mol. The summed E-state index contributed by atoms with van der Waals surface area (Å²) < 4.78 is 6.77. The van der Waals surface area contributed by atoms with Gasteiger partial charge in [-0.2, -0.15) is 0 Å². The van der Waals surface area contributed by atoms with Crippen LogP contribution in [0.15, 0.2) is 63.2 Å². The molecule has 0 fully saturated rings. The van der Waals surface area contributed by atoms with Crippen LogP contribution in [-0.4, -0.2) is 31.4 Å². The van der Waals surface area contributed by atoms with E-state index in [-0.39, 0.29) is 11.7 Å². The molecule has 2 aromatic heterocycles. The van der Waals surface area contributed by atoms with Crippen LogP contribution in [0.4, 0.5) is 5.69 Å². The third kappa shape index (κ3) is 3.77. The van der Waals surface area contributed by atoms with Gasteiger partial charge in [-0.3, -0.25) is 14.3 Å². The largest absolute Gasteiger partial charge is 0.417 e. The van der Waals surface area contributed by atoms with Gasteiger partial charge in [-0.05, 0) is 37.3 Å². The second-order valence-corrected chi connectivity index (χ2v) is 6.82. The Hall–Kier alpha value is -3.33. The highest BCUT2D eigenvalue weighted by Gasteiger charge is 2.11. The van der Waals surface area contributed by atoms with Crippen molar-refractivity contribution >= 4 is 34.5 Å². The third-order valence-electron chi connectivity index (χ3n) is 3.86. The van der Waals surface area contributed by atoms with Crippen LogP contribution in [-0.2, 0) is 4.79 Å². The number of anilines is 1. The van der Waals surface area contributed by atoms with Crippen molar-refractivity contribution in [2.45, 2.75) is 12.1 Å². The number of nitrogens with one attached hydrogen (secondary N) is 2. The Kier molecular flexibility index (Phi) is 4.51. The first-order chi connectivity index (χ1) is 13.1. The number of aromatic nitrogens is 4. The van der Waals surface area contributed by atoms with Gasteiger partial charge in [0, 0.05) is 11.4 Å². The number of fused-ring (bicyclic) bond motifs is 1. The van der Waals surface area contributed by atoms with Crippen LogP contribution < -0.4 is 11.1 Å². The van der Waals surface area contributed by atoms with Crippen LogP contribution in [0.2, 0.25) is 0 Å². The SMILES string of the molecule is Cc1ccc(-n2cnnc2SCC(=O)Nc2ccc3oc(=O)[nH]c3c2)cc1. The van der Waals surface area contributed by atoms with Gasteiger partial charge in [-0.25, -0.2) is 4.79 Å². The molecule has 0 saturated carbocycles. The van der Waals surface area contributed by atoms with E-state index in [2.05, 4.69) is 20.5 Å². The highest BCUT2D eigenvalue weighted by Crippen LogP contribution is 2.21. The fourth-order valence-electron chi connectivity index (χ4n) is 2.56. The Morgan fingerprint density at radius 1 is 1.26 bits per heavy atom. The molecule has 0 atom stereocenters. The molecule has 8 nitrogen and oxygen atoms in total. The lowest BCUT2D eigenvalue weighted by molar-refractivity contribution is -0.113. The van der Waals surface area contributed by atoms with Crippen LogP contribution in [0.1, 0.15) is 5.56 Å². The molecule has 136 valence electrons. The molecule has 0 aliphatic heterocycles. The Labute approximate surface area is 157 Å². The van der Waals surface area contributed by atoms with Crippen molar-refractivity contribution in [3.05, 3.63) is 64.9 Å². The summed E-state index contributed by atoms with van der Waals surface area (Å²) in [4.78, 5) is 26.0. The molecule has 0 aliphatic carbocycles. The lowest BCUT2D eigenvalue weighted by Gasteiger charge is -2.07. The predicted molar refractivity (Wildman–Crippen MR) is 102 cm³/mol. The quantitative estimate of drug-likeness (QED) is 0.515. The van der Waals surface area contributed by atoms with Gasteiger partial charge in [0.25, 0.3) is 0 Å². The van der Waals surface area contributed by atoms with Crippen molar-refractivity contribution in [2.75, 3.05) is 11.1 Å². The molecule has 1 amide bonds. The highest BCUT2D eigenvalue weighted by atomic mass is 32.2. The van der Waals surface area contributed by atoms with Crippen molar-refractivity contribution in [2.24, 2.45) is 0 Å². The topological polar surface area (TPSA) is 106 Å². The number of thioether (sulfide) groups is 1. The first-order valence-corrected chi connectivity index (χ1v) is 9.10. The van der Waals surface area contributed by atoms with Gasteiger partial charge in [0.1, 0.15) is 6.33 Å². The Balaban J connectivity index is 1.42. The van der Waals surface area contributed by atoms with Crippen molar-refractivity contribution < 1.29 is 9.21 Å². The normalized spacial score (nSPS) is 11.0. The molecule has 0 aliphatic rings. The van der Waals surface area contributed by atoms with Gasteiger partial charge >= 0.3 is 5.76 Å². The Morgan fingerprint density at radius 3 is 2.89 bits per heavy atom. The first kappa shape index (κ1) is 17.1. The molecule has 27 heavy (non-hydrogen) atoms. The molecule has 0 radical (unpaired) electrons. The second-order valence-electron chi connectivity index (χ2n) is 5.88. The van der Waals surface area contributed by atoms with E-state index in [0.29, 0.717) is 21.9 Å². The maximum absolute atomic E-state index is 12.3. The van der Waals surface area contributed by atoms with Crippen LogP contribution in [0, 0.1) is 6.92 Å². The summed E-state index contributed by atoms with van der Waals surface area (Å²) in [5, 5.41) is 11.4. The van der Waals surface area contributed by atoms with Gasteiger partial charge in [-0.15, -0.1) is 10.2 Å². The molecule has 9 heteroatoms. The molecule has 2 N–H and O–H groups in total. The van der Waals surface area contributed by atoms with E-state index in [1.165, 1.54) is 11.8 Å². The predicted octanol–water partition coefficient (Wildman–Crippen LogP) is 2.74. The Bertz CT molecular complexity index is 1160. The molecule has 0 spiro atoms. The first-order valence-electron chi connectivity index (χ1n) is 8.11. The lowest BCUT2D eigenvalue weighted by atomic mass is 10.2. The van der Waals surface area contributed by atoms with E-state index < -0.39 is 5.76 Å². The fraction of sp³-hybridized carbons (Fsp3) is 0.111. The molecule has 4 rings (SSSR count). The van der Waals surface area contributed by atoms with Crippen molar-refractivity contribution in [1.29, 1.82) is 0 Å². The van der Waals surface area contributed by atoms with Gasteiger partial charge in [0.15, 0.2) is 10.7 Å². The third-order valence-corrected chi connectivity index (χ3v) is 4.81. The number of hydrogen-bond donors (Lipinski definition) is 2.